The molecule has 4 rings (SSSR count). The highest BCUT2D eigenvalue weighted by molar-refractivity contribution is 5.89. The van der Waals surface area contributed by atoms with Crippen molar-refractivity contribution in [2.75, 3.05) is 7.11 Å². The number of hydrogen-bond donors (Lipinski definition) is 0. The van der Waals surface area contributed by atoms with Gasteiger partial charge in [-0.05, 0) is 37.0 Å². The summed E-state index contributed by atoms with van der Waals surface area (Å²) in [7, 11) is 1.43. The largest absolute Gasteiger partial charge is 0.469 e. The summed E-state index contributed by atoms with van der Waals surface area (Å²) in [6.07, 6.45) is 4.01. The Morgan fingerprint density at radius 3 is 2.87 bits per heavy atom. The van der Waals surface area contributed by atoms with E-state index in [0.29, 0.717) is 17.6 Å². The molecule has 4 aliphatic rings. The summed E-state index contributed by atoms with van der Waals surface area (Å²) < 4.78 is 4.85. The average molecular weight is 208 g/mol. The molecule has 0 saturated heterocycles. The SMILES string of the molecule is COC(=O)[C@@H]1[C@@H]2CC[C@@H]3C[C@@H]1C(=O)C[C@H]32. The molecule has 3 nitrogen and oxygen atoms in total. The first-order chi connectivity index (χ1) is 7.22. The van der Waals surface area contributed by atoms with Gasteiger partial charge in [-0.25, -0.2) is 0 Å². The molecule has 4 saturated carbocycles. The van der Waals surface area contributed by atoms with Crippen molar-refractivity contribution in [2.24, 2.45) is 29.6 Å². The molecule has 0 heterocycles. The third-order valence-corrected chi connectivity index (χ3v) is 4.80. The van der Waals surface area contributed by atoms with Crippen LogP contribution in [-0.4, -0.2) is 18.9 Å². The third-order valence-electron chi connectivity index (χ3n) is 4.80. The molecule has 0 aliphatic heterocycles. The molecule has 4 fully saturated rings. The first-order valence-corrected chi connectivity index (χ1v) is 5.83. The zero-order valence-electron chi connectivity index (χ0n) is 8.94. The second-order valence-corrected chi connectivity index (χ2v) is 5.23. The van der Waals surface area contributed by atoms with Crippen molar-refractivity contribution < 1.29 is 14.3 Å². The molecule has 0 radical (unpaired) electrons. The maximum Gasteiger partial charge on any atom is 0.309 e. The lowest BCUT2D eigenvalue weighted by atomic mass is 9.58. The highest BCUT2D eigenvalue weighted by Crippen LogP contribution is 2.58. The smallest absolute Gasteiger partial charge is 0.309 e. The maximum absolute atomic E-state index is 11.8. The van der Waals surface area contributed by atoms with Gasteiger partial charge >= 0.3 is 5.97 Å². The van der Waals surface area contributed by atoms with Gasteiger partial charge in [0.1, 0.15) is 5.78 Å². The average Bonchev–Trinajstić information content (AvgIpc) is 2.54. The third kappa shape index (κ3) is 1.12. The van der Waals surface area contributed by atoms with E-state index < -0.39 is 0 Å². The number of rotatable bonds is 1. The van der Waals surface area contributed by atoms with E-state index in [1.165, 1.54) is 13.5 Å². The number of esters is 1. The Morgan fingerprint density at radius 2 is 2.13 bits per heavy atom. The molecule has 82 valence electrons. The van der Waals surface area contributed by atoms with E-state index in [4.69, 9.17) is 4.74 Å². The maximum atomic E-state index is 11.8. The summed E-state index contributed by atoms with van der Waals surface area (Å²) in [6.45, 7) is 0. The summed E-state index contributed by atoms with van der Waals surface area (Å²) in [5, 5.41) is 0. The number of ether oxygens (including phenoxy) is 1. The topological polar surface area (TPSA) is 43.4 Å². The van der Waals surface area contributed by atoms with E-state index in [2.05, 4.69) is 0 Å². The van der Waals surface area contributed by atoms with Crippen LogP contribution in [0, 0.1) is 29.6 Å². The minimum atomic E-state index is -0.150. The van der Waals surface area contributed by atoms with E-state index in [0.717, 1.165) is 25.2 Å². The summed E-state index contributed by atoms with van der Waals surface area (Å²) in [4.78, 5) is 23.5. The molecule has 0 unspecified atom stereocenters. The first-order valence-electron chi connectivity index (χ1n) is 5.83. The summed E-state index contributed by atoms with van der Waals surface area (Å²) >= 11 is 0. The van der Waals surface area contributed by atoms with Crippen LogP contribution >= 0.6 is 0 Å². The van der Waals surface area contributed by atoms with Gasteiger partial charge in [0, 0.05) is 12.3 Å². The molecule has 0 N–H and O–H groups in total. The fraction of sp³-hybridized carbons (Fsp3) is 0.833. The molecule has 0 aromatic heterocycles. The van der Waals surface area contributed by atoms with Crippen LogP contribution in [0.4, 0.5) is 0 Å². The summed E-state index contributed by atoms with van der Waals surface area (Å²) in [5.41, 5.74) is 0. The van der Waals surface area contributed by atoms with Crippen molar-refractivity contribution in [3.63, 3.8) is 0 Å². The Kier molecular flexibility index (Phi) is 1.91. The number of carbonyl (C=O) groups excluding carboxylic acids is 2. The second kappa shape index (κ2) is 3.06. The highest BCUT2D eigenvalue weighted by Gasteiger charge is 2.58. The Labute approximate surface area is 89.2 Å². The van der Waals surface area contributed by atoms with E-state index in [1.807, 2.05) is 0 Å². The van der Waals surface area contributed by atoms with Gasteiger partial charge in [-0.1, -0.05) is 0 Å². The van der Waals surface area contributed by atoms with Crippen LogP contribution in [0.3, 0.4) is 0 Å². The van der Waals surface area contributed by atoms with Crippen molar-refractivity contribution in [1.82, 2.24) is 0 Å². The minimum absolute atomic E-state index is 0.0139. The Bertz CT molecular complexity index is 323. The molecular weight excluding hydrogens is 192 g/mol. The fourth-order valence-corrected chi connectivity index (χ4v) is 4.20. The second-order valence-electron chi connectivity index (χ2n) is 5.23. The van der Waals surface area contributed by atoms with Crippen LogP contribution in [0.1, 0.15) is 25.7 Å². The Hall–Kier alpha value is -0.860. The normalized spacial score (nSPS) is 47.0. The lowest BCUT2D eigenvalue weighted by Gasteiger charge is -2.45. The molecule has 4 aliphatic carbocycles. The number of hydrogen-bond acceptors (Lipinski definition) is 3. The van der Waals surface area contributed by atoms with Crippen molar-refractivity contribution in [1.29, 1.82) is 0 Å². The van der Waals surface area contributed by atoms with Crippen molar-refractivity contribution in [2.45, 2.75) is 25.7 Å². The van der Waals surface area contributed by atoms with Gasteiger partial charge in [0.2, 0.25) is 0 Å². The number of fused-ring (bicyclic) bond motifs is 1. The number of methoxy groups -OCH3 is 1. The highest BCUT2D eigenvalue weighted by atomic mass is 16.5. The Balaban J connectivity index is 1.95. The zero-order chi connectivity index (χ0) is 10.6. The molecule has 0 aromatic carbocycles. The zero-order valence-corrected chi connectivity index (χ0v) is 8.94. The van der Waals surface area contributed by atoms with Gasteiger partial charge in [-0.2, -0.15) is 0 Å². The summed E-state index contributed by atoms with van der Waals surface area (Å²) in [5.74, 6) is 1.69. The predicted octanol–water partition coefficient (Wildman–Crippen LogP) is 1.41. The van der Waals surface area contributed by atoms with Crippen LogP contribution in [0.25, 0.3) is 0 Å². The molecule has 15 heavy (non-hydrogen) atoms. The lowest BCUT2D eigenvalue weighted by Crippen LogP contribution is -2.49. The van der Waals surface area contributed by atoms with Crippen LogP contribution < -0.4 is 0 Å². The van der Waals surface area contributed by atoms with Gasteiger partial charge in [0.05, 0.1) is 13.0 Å². The molecule has 0 spiro atoms. The van der Waals surface area contributed by atoms with Gasteiger partial charge in [-0.3, -0.25) is 9.59 Å². The van der Waals surface area contributed by atoms with Gasteiger partial charge in [0.15, 0.2) is 0 Å². The number of ketones is 1. The Morgan fingerprint density at radius 1 is 1.33 bits per heavy atom. The van der Waals surface area contributed by atoms with Crippen LogP contribution in [0.5, 0.6) is 0 Å². The van der Waals surface area contributed by atoms with E-state index in [9.17, 15) is 9.59 Å². The quantitative estimate of drug-likeness (QED) is 0.612. The fourth-order valence-electron chi connectivity index (χ4n) is 4.20. The van der Waals surface area contributed by atoms with E-state index in [-0.39, 0.29) is 17.8 Å². The molecule has 4 bridgehead atoms. The lowest BCUT2D eigenvalue weighted by molar-refractivity contribution is -0.161. The van der Waals surface area contributed by atoms with Crippen LogP contribution in [0.15, 0.2) is 0 Å². The van der Waals surface area contributed by atoms with Crippen molar-refractivity contribution in [3.8, 4) is 0 Å². The summed E-state index contributed by atoms with van der Waals surface area (Å²) in [6, 6.07) is 0. The monoisotopic (exact) mass is 208 g/mol. The van der Waals surface area contributed by atoms with Gasteiger partial charge in [0.25, 0.3) is 0 Å². The van der Waals surface area contributed by atoms with Gasteiger partial charge in [-0.15, -0.1) is 0 Å². The van der Waals surface area contributed by atoms with Crippen molar-refractivity contribution >= 4 is 11.8 Å². The number of Topliss-reactive ketones (excluding diaryl/α,β-unsaturated/α-hetero) is 1. The van der Waals surface area contributed by atoms with Gasteiger partial charge < -0.3 is 4.74 Å². The molecule has 5 atom stereocenters. The first kappa shape index (κ1) is 9.37. The standard InChI is InChI=1S/C12H16O3/c1-15-12(14)11-7-3-2-6-4-9(11)10(13)5-8(6)7/h6-9,11H,2-5H2,1H3/t6-,7-,8-,9-,11-/m1/s1. The molecular formula is C12H16O3. The van der Waals surface area contributed by atoms with Crippen LogP contribution in [-0.2, 0) is 14.3 Å². The predicted molar refractivity (Wildman–Crippen MR) is 52.9 cm³/mol. The van der Waals surface area contributed by atoms with Crippen LogP contribution in [0.2, 0.25) is 0 Å². The molecule has 0 amide bonds. The van der Waals surface area contributed by atoms with Crippen molar-refractivity contribution in [3.05, 3.63) is 0 Å². The number of carbonyl (C=O) groups is 2. The van der Waals surface area contributed by atoms with E-state index >= 15 is 0 Å². The van der Waals surface area contributed by atoms with E-state index in [1.54, 1.807) is 0 Å². The minimum Gasteiger partial charge on any atom is -0.469 e. The molecule has 3 heteroatoms. The molecule has 0 aromatic rings.